The smallest absolute Gasteiger partial charge is 0.110 e. The van der Waals surface area contributed by atoms with Gasteiger partial charge in [-0.1, -0.05) is 6.07 Å². The summed E-state index contributed by atoms with van der Waals surface area (Å²) in [7, 11) is 0. The molecule has 0 saturated carbocycles. The van der Waals surface area contributed by atoms with Gasteiger partial charge in [0.2, 0.25) is 0 Å². The number of hydrogen-bond donors (Lipinski definition) is 0. The van der Waals surface area contributed by atoms with Crippen LogP contribution < -0.4 is 0 Å². The minimum absolute atomic E-state index is 0.0990. The third-order valence-corrected chi connectivity index (χ3v) is 2.11. The predicted octanol–water partition coefficient (Wildman–Crippen LogP) is 2.47. The zero-order chi connectivity index (χ0) is 8.27. The molecule has 0 amide bonds. The van der Waals surface area contributed by atoms with Gasteiger partial charge in [-0.05, 0) is 28.9 Å². The predicted molar refractivity (Wildman–Crippen MR) is 46.0 cm³/mol. The summed E-state index contributed by atoms with van der Waals surface area (Å²) in [4.78, 5) is 4.01. The topological polar surface area (TPSA) is 36.7 Å². The number of rotatable bonds is 1. The van der Waals surface area contributed by atoms with Crippen LogP contribution in [-0.4, -0.2) is 4.98 Å². The van der Waals surface area contributed by atoms with Crippen molar-refractivity contribution in [1.82, 2.24) is 4.98 Å². The molecule has 3 heteroatoms. The molecular weight excluding hydrogens is 204 g/mol. The first-order valence-corrected chi connectivity index (χ1v) is 4.05. The Bertz CT molecular complexity index is 290. The molecule has 0 bridgehead atoms. The molecular formula is C8H7BrN2. The van der Waals surface area contributed by atoms with Crippen LogP contribution in [0, 0.1) is 11.3 Å². The molecule has 1 atom stereocenters. The summed E-state index contributed by atoms with van der Waals surface area (Å²) >= 11 is 3.28. The number of hydrogen-bond acceptors (Lipinski definition) is 2. The molecule has 1 heterocycles. The highest BCUT2D eigenvalue weighted by Crippen LogP contribution is 2.21. The summed E-state index contributed by atoms with van der Waals surface area (Å²) in [6, 6.07) is 5.87. The monoisotopic (exact) mass is 210 g/mol. The van der Waals surface area contributed by atoms with Gasteiger partial charge in [0.1, 0.15) is 4.60 Å². The Hall–Kier alpha value is -0.880. The Morgan fingerprint density at radius 1 is 1.73 bits per heavy atom. The number of halogens is 1. The minimum Gasteiger partial charge on any atom is -0.249 e. The first kappa shape index (κ1) is 8.22. The quantitative estimate of drug-likeness (QED) is 0.669. The van der Waals surface area contributed by atoms with E-state index in [1.165, 1.54) is 0 Å². The zero-order valence-corrected chi connectivity index (χ0v) is 7.67. The summed E-state index contributed by atoms with van der Waals surface area (Å²) in [5.41, 5.74) is 0.940. The molecule has 1 unspecified atom stereocenters. The van der Waals surface area contributed by atoms with Crippen molar-refractivity contribution in [2.75, 3.05) is 0 Å². The summed E-state index contributed by atoms with van der Waals surface area (Å²) in [5, 5.41) is 8.61. The second-order valence-electron chi connectivity index (χ2n) is 2.23. The zero-order valence-electron chi connectivity index (χ0n) is 6.08. The molecule has 0 aliphatic heterocycles. The van der Waals surface area contributed by atoms with Crippen LogP contribution in [0.3, 0.4) is 0 Å². The second-order valence-corrected chi connectivity index (χ2v) is 2.99. The molecule has 0 radical (unpaired) electrons. The van der Waals surface area contributed by atoms with Gasteiger partial charge < -0.3 is 0 Å². The van der Waals surface area contributed by atoms with Crippen molar-refractivity contribution in [3.8, 4) is 6.07 Å². The Balaban J connectivity index is 3.05. The van der Waals surface area contributed by atoms with Gasteiger partial charge in [-0.15, -0.1) is 0 Å². The van der Waals surface area contributed by atoms with Crippen LogP contribution in [0.15, 0.2) is 22.9 Å². The molecule has 0 saturated heterocycles. The highest BCUT2D eigenvalue weighted by molar-refractivity contribution is 9.10. The maximum atomic E-state index is 8.61. The van der Waals surface area contributed by atoms with Crippen LogP contribution in [-0.2, 0) is 0 Å². The number of nitriles is 1. The van der Waals surface area contributed by atoms with Crippen molar-refractivity contribution in [2.45, 2.75) is 12.8 Å². The lowest BCUT2D eigenvalue weighted by Crippen LogP contribution is -1.91. The fraction of sp³-hybridized carbons (Fsp3) is 0.250. The van der Waals surface area contributed by atoms with E-state index in [4.69, 9.17) is 5.26 Å². The van der Waals surface area contributed by atoms with E-state index in [0.29, 0.717) is 0 Å². The SMILES string of the molecule is CC(C#N)c1cccnc1Br. The van der Waals surface area contributed by atoms with E-state index in [1.54, 1.807) is 6.20 Å². The van der Waals surface area contributed by atoms with Crippen LogP contribution >= 0.6 is 15.9 Å². The summed E-state index contributed by atoms with van der Waals surface area (Å²) < 4.78 is 0.758. The maximum Gasteiger partial charge on any atom is 0.110 e. The number of aromatic nitrogens is 1. The molecule has 11 heavy (non-hydrogen) atoms. The normalized spacial score (nSPS) is 12.1. The Kier molecular flexibility index (Phi) is 2.61. The molecule has 56 valence electrons. The van der Waals surface area contributed by atoms with E-state index in [9.17, 15) is 0 Å². The summed E-state index contributed by atoms with van der Waals surface area (Å²) in [6.45, 7) is 1.85. The van der Waals surface area contributed by atoms with Crippen LogP contribution in [0.2, 0.25) is 0 Å². The minimum atomic E-state index is -0.0990. The largest absolute Gasteiger partial charge is 0.249 e. The van der Waals surface area contributed by atoms with Crippen molar-refractivity contribution < 1.29 is 0 Å². The lowest BCUT2D eigenvalue weighted by atomic mass is 10.1. The van der Waals surface area contributed by atoms with Gasteiger partial charge in [0.25, 0.3) is 0 Å². The van der Waals surface area contributed by atoms with E-state index in [1.807, 2.05) is 19.1 Å². The molecule has 1 aromatic heterocycles. The average Bonchev–Trinajstić information content (AvgIpc) is 2.04. The van der Waals surface area contributed by atoms with Gasteiger partial charge in [0, 0.05) is 11.8 Å². The second kappa shape index (κ2) is 3.49. The standard InChI is InChI=1S/C8H7BrN2/c1-6(5-10)7-3-2-4-11-8(7)9/h2-4,6H,1H3. The molecule has 0 aliphatic carbocycles. The molecule has 0 N–H and O–H groups in total. The van der Waals surface area contributed by atoms with E-state index in [-0.39, 0.29) is 5.92 Å². The van der Waals surface area contributed by atoms with Crippen molar-refractivity contribution in [2.24, 2.45) is 0 Å². The fourth-order valence-corrected chi connectivity index (χ4v) is 1.38. The lowest BCUT2D eigenvalue weighted by molar-refractivity contribution is 0.953. The lowest BCUT2D eigenvalue weighted by Gasteiger charge is -2.02. The third kappa shape index (κ3) is 1.78. The summed E-state index contributed by atoms with van der Waals surface area (Å²) in [6.07, 6.45) is 1.69. The van der Waals surface area contributed by atoms with Crippen molar-refractivity contribution in [3.05, 3.63) is 28.5 Å². The third-order valence-electron chi connectivity index (χ3n) is 1.45. The van der Waals surface area contributed by atoms with Crippen LogP contribution in [0.1, 0.15) is 18.4 Å². The first-order chi connectivity index (χ1) is 5.25. The Labute approximate surface area is 74.0 Å². The molecule has 2 nitrogen and oxygen atoms in total. The molecule has 0 spiro atoms. The molecule has 1 rings (SSSR count). The average molecular weight is 211 g/mol. The van der Waals surface area contributed by atoms with Gasteiger partial charge in [0.15, 0.2) is 0 Å². The van der Waals surface area contributed by atoms with Crippen molar-refractivity contribution >= 4 is 15.9 Å². The van der Waals surface area contributed by atoms with Crippen LogP contribution in [0.25, 0.3) is 0 Å². The molecule has 1 aromatic rings. The van der Waals surface area contributed by atoms with E-state index in [0.717, 1.165) is 10.2 Å². The Morgan fingerprint density at radius 2 is 2.45 bits per heavy atom. The fourth-order valence-electron chi connectivity index (χ4n) is 0.791. The number of nitrogens with zero attached hydrogens (tertiary/aromatic N) is 2. The van der Waals surface area contributed by atoms with Gasteiger partial charge in [0.05, 0.1) is 12.0 Å². The van der Waals surface area contributed by atoms with E-state index >= 15 is 0 Å². The van der Waals surface area contributed by atoms with Gasteiger partial charge in [-0.2, -0.15) is 5.26 Å². The van der Waals surface area contributed by atoms with Gasteiger partial charge >= 0.3 is 0 Å². The highest BCUT2D eigenvalue weighted by Gasteiger charge is 2.06. The molecule has 0 fully saturated rings. The molecule has 0 aliphatic rings. The Morgan fingerprint density at radius 3 is 3.00 bits per heavy atom. The highest BCUT2D eigenvalue weighted by atomic mass is 79.9. The van der Waals surface area contributed by atoms with Crippen molar-refractivity contribution in [3.63, 3.8) is 0 Å². The first-order valence-electron chi connectivity index (χ1n) is 3.25. The van der Waals surface area contributed by atoms with Crippen LogP contribution in [0.5, 0.6) is 0 Å². The van der Waals surface area contributed by atoms with E-state index in [2.05, 4.69) is 27.0 Å². The molecule has 0 aromatic carbocycles. The van der Waals surface area contributed by atoms with Gasteiger partial charge in [-0.25, -0.2) is 4.98 Å². The van der Waals surface area contributed by atoms with E-state index < -0.39 is 0 Å². The van der Waals surface area contributed by atoms with Gasteiger partial charge in [-0.3, -0.25) is 0 Å². The maximum absolute atomic E-state index is 8.61. The summed E-state index contributed by atoms with van der Waals surface area (Å²) in [5.74, 6) is -0.0990. The van der Waals surface area contributed by atoms with Crippen molar-refractivity contribution in [1.29, 1.82) is 5.26 Å². The number of pyridine rings is 1. The van der Waals surface area contributed by atoms with Crippen LogP contribution in [0.4, 0.5) is 0 Å².